The minimum absolute atomic E-state index is 0.188. The summed E-state index contributed by atoms with van der Waals surface area (Å²) in [5.41, 5.74) is 2.14. The van der Waals surface area contributed by atoms with Gasteiger partial charge in [0.15, 0.2) is 0 Å². The molecule has 0 atom stereocenters. The molecule has 1 heterocycles. The lowest BCUT2D eigenvalue weighted by Gasteiger charge is -2.37. The molecule has 0 aliphatic heterocycles. The SMILES string of the molecule is CN(C)C1(Cn2c(CCl)nc3cccc(Cl)c32)CCCC1. The number of benzene rings is 1. The monoisotopic (exact) mass is 325 g/mol. The summed E-state index contributed by atoms with van der Waals surface area (Å²) >= 11 is 12.6. The third-order valence-electron chi connectivity index (χ3n) is 4.85. The molecule has 0 bridgehead atoms. The van der Waals surface area contributed by atoms with Crippen LogP contribution in [-0.4, -0.2) is 34.1 Å². The highest BCUT2D eigenvalue weighted by Crippen LogP contribution is 2.37. The van der Waals surface area contributed by atoms with Crippen LogP contribution in [0.25, 0.3) is 11.0 Å². The van der Waals surface area contributed by atoms with Gasteiger partial charge in [-0.3, -0.25) is 0 Å². The Morgan fingerprint density at radius 3 is 2.62 bits per heavy atom. The number of fused-ring (bicyclic) bond motifs is 1. The fourth-order valence-electron chi connectivity index (χ4n) is 3.54. The number of hydrogen-bond acceptors (Lipinski definition) is 2. The predicted molar refractivity (Wildman–Crippen MR) is 89.2 cm³/mol. The second-order valence-corrected chi connectivity index (χ2v) is 6.86. The number of aromatic nitrogens is 2. The van der Waals surface area contributed by atoms with Crippen LogP contribution in [0.3, 0.4) is 0 Å². The van der Waals surface area contributed by atoms with Gasteiger partial charge < -0.3 is 9.47 Å². The van der Waals surface area contributed by atoms with Crippen LogP contribution in [0.2, 0.25) is 5.02 Å². The topological polar surface area (TPSA) is 21.1 Å². The van der Waals surface area contributed by atoms with E-state index in [1.54, 1.807) is 0 Å². The standard InChI is InChI=1S/C16H21Cl2N3/c1-20(2)16(8-3-4-9-16)11-21-14(10-17)19-13-7-5-6-12(18)15(13)21/h5-7H,3-4,8-11H2,1-2H3. The van der Waals surface area contributed by atoms with Gasteiger partial charge in [-0.15, -0.1) is 11.6 Å². The van der Waals surface area contributed by atoms with Gasteiger partial charge in [0.1, 0.15) is 5.82 Å². The predicted octanol–water partition coefficient (Wildman–Crippen LogP) is 4.30. The van der Waals surface area contributed by atoms with E-state index in [4.69, 9.17) is 23.2 Å². The van der Waals surface area contributed by atoms with Gasteiger partial charge in [-0.2, -0.15) is 0 Å². The molecule has 1 saturated carbocycles. The fraction of sp³-hybridized carbons (Fsp3) is 0.562. The van der Waals surface area contributed by atoms with E-state index >= 15 is 0 Å². The largest absolute Gasteiger partial charge is 0.324 e. The van der Waals surface area contributed by atoms with Crippen molar-refractivity contribution >= 4 is 34.2 Å². The Labute approximate surface area is 135 Å². The van der Waals surface area contributed by atoms with Crippen molar-refractivity contribution in [3.8, 4) is 0 Å². The lowest BCUT2D eigenvalue weighted by molar-refractivity contribution is 0.134. The summed E-state index contributed by atoms with van der Waals surface area (Å²) < 4.78 is 2.23. The number of halogens is 2. The number of alkyl halides is 1. The van der Waals surface area contributed by atoms with Gasteiger partial charge in [-0.05, 0) is 39.1 Å². The van der Waals surface area contributed by atoms with E-state index in [0.717, 1.165) is 28.4 Å². The molecule has 0 amide bonds. The Morgan fingerprint density at radius 2 is 2.00 bits per heavy atom. The summed E-state index contributed by atoms with van der Waals surface area (Å²) in [5.74, 6) is 1.32. The first kappa shape index (κ1) is 15.1. The second-order valence-electron chi connectivity index (χ2n) is 6.18. The zero-order valence-electron chi connectivity index (χ0n) is 12.6. The smallest absolute Gasteiger partial charge is 0.124 e. The number of nitrogens with zero attached hydrogens (tertiary/aromatic N) is 3. The number of hydrogen-bond donors (Lipinski definition) is 0. The minimum Gasteiger partial charge on any atom is -0.324 e. The van der Waals surface area contributed by atoms with Crippen molar-refractivity contribution in [1.82, 2.24) is 14.5 Å². The van der Waals surface area contributed by atoms with E-state index in [9.17, 15) is 0 Å². The molecule has 0 radical (unpaired) electrons. The molecule has 21 heavy (non-hydrogen) atoms. The van der Waals surface area contributed by atoms with E-state index < -0.39 is 0 Å². The Balaban J connectivity index is 2.11. The van der Waals surface area contributed by atoms with E-state index in [0.29, 0.717) is 5.88 Å². The highest BCUT2D eigenvalue weighted by molar-refractivity contribution is 6.35. The van der Waals surface area contributed by atoms with Crippen LogP contribution in [0.15, 0.2) is 18.2 Å². The van der Waals surface area contributed by atoms with E-state index in [1.165, 1.54) is 25.7 Å². The zero-order chi connectivity index (χ0) is 15.0. The molecule has 1 aliphatic rings. The van der Waals surface area contributed by atoms with Crippen LogP contribution >= 0.6 is 23.2 Å². The molecule has 3 rings (SSSR count). The van der Waals surface area contributed by atoms with E-state index in [1.807, 2.05) is 18.2 Å². The number of rotatable bonds is 4. The summed E-state index contributed by atoms with van der Waals surface area (Å²) in [6, 6.07) is 5.87. The van der Waals surface area contributed by atoms with Crippen molar-refractivity contribution in [3.63, 3.8) is 0 Å². The molecule has 1 aromatic carbocycles. The lowest BCUT2D eigenvalue weighted by Crippen LogP contribution is -2.45. The molecule has 5 heteroatoms. The maximum Gasteiger partial charge on any atom is 0.124 e. The van der Waals surface area contributed by atoms with Crippen molar-refractivity contribution < 1.29 is 0 Å². The summed E-state index contributed by atoms with van der Waals surface area (Å²) in [4.78, 5) is 7.01. The molecule has 3 nitrogen and oxygen atoms in total. The second kappa shape index (κ2) is 5.79. The highest BCUT2D eigenvalue weighted by Gasteiger charge is 2.37. The van der Waals surface area contributed by atoms with Gasteiger partial charge in [0.2, 0.25) is 0 Å². The summed E-state index contributed by atoms with van der Waals surface area (Å²) in [5, 5.41) is 0.753. The Morgan fingerprint density at radius 1 is 1.29 bits per heavy atom. The molecular weight excluding hydrogens is 305 g/mol. The lowest BCUT2D eigenvalue weighted by atomic mass is 9.95. The first-order chi connectivity index (χ1) is 10.1. The third-order valence-corrected chi connectivity index (χ3v) is 5.40. The molecule has 0 N–H and O–H groups in total. The Bertz CT molecular complexity index is 642. The molecule has 114 valence electrons. The maximum absolute atomic E-state index is 6.43. The van der Waals surface area contributed by atoms with Crippen molar-refractivity contribution in [1.29, 1.82) is 0 Å². The van der Waals surface area contributed by atoms with Crippen molar-refractivity contribution in [2.45, 2.75) is 43.6 Å². The molecule has 0 spiro atoms. The first-order valence-electron chi connectivity index (χ1n) is 7.44. The van der Waals surface area contributed by atoms with Gasteiger partial charge in [-0.1, -0.05) is 30.5 Å². The van der Waals surface area contributed by atoms with Crippen LogP contribution in [0.4, 0.5) is 0 Å². The quantitative estimate of drug-likeness (QED) is 0.781. The van der Waals surface area contributed by atoms with E-state index in [-0.39, 0.29) is 5.54 Å². The molecule has 0 unspecified atom stereocenters. The van der Waals surface area contributed by atoms with Crippen molar-refractivity contribution in [2.75, 3.05) is 14.1 Å². The number of para-hydroxylation sites is 1. The van der Waals surface area contributed by atoms with Gasteiger partial charge in [-0.25, -0.2) is 4.98 Å². The fourth-order valence-corrected chi connectivity index (χ4v) is 4.01. The van der Waals surface area contributed by atoms with Gasteiger partial charge in [0.05, 0.1) is 21.9 Å². The first-order valence-corrected chi connectivity index (χ1v) is 8.36. The summed E-state index contributed by atoms with van der Waals surface area (Å²) in [6.07, 6.45) is 5.00. The molecule has 1 aliphatic carbocycles. The molecular formula is C16H21Cl2N3. The number of likely N-dealkylation sites (N-methyl/N-ethyl adjacent to an activating group) is 1. The molecule has 0 saturated heterocycles. The van der Waals surface area contributed by atoms with Crippen LogP contribution in [0.5, 0.6) is 0 Å². The summed E-state index contributed by atoms with van der Waals surface area (Å²) in [6.45, 7) is 0.905. The average molecular weight is 326 g/mol. The number of imidazole rings is 1. The normalized spacial score (nSPS) is 18.0. The maximum atomic E-state index is 6.43. The van der Waals surface area contributed by atoms with Crippen molar-refractivity contribution in [2.24, 2.45) is 0 Å². The molecule has 2 aromatic rings. The van der Waals surface area contributed by atoms with Gasteiger partial charge >= 0.3 is 0 Å². The van der Waals surface area contributed by atoms with Crippen LogP contribution in [0.1, 0.15) is 31.5 Å². The minimum atomic E-state index is 0.188. The zero-order valence-corrected chi connectivity index (χ0v) is 14.1. The Kier molecular flexibility index (Phi) is 4.17. The summed E-state index contributed by atoms with van der Waals surface area (Å²) in [7, 11) is 4.35. The van der Waals surface area contributed by atoms with Crippen LogP contribution in [-0.2, 0) is 12.4 Å². The van der Waals surface area contributed by atoms with Crippen LogP contribution in [0, 0.1) is 0 Å². The third kappa shape index (κ3) is 2.56. The van der Waals surface area contributed by atoms with Gasteiger partial charge in [0.25, 0.3) is 0 Å². The van der Waals surface area contributed by atoms with Gasteiger partial charge in [0, 0.05) is 12.1 Å². The van der Waals surface area contributed by atoms with E-state index in [2.05, 4.69) is 28.5 Å². The molecule has 1 aromatic heterocycles. The molecule has 1 fully saturated rings. The highest BCUT2D eigenvalue weighted by atomic mass is 35.5. The van der Waals surface area contributed by atoms with Crippen LogP contribution < -0.4 is 0 Å². The Hall–Kier alpha value is -0.770. The average Bonchev–Trinajstić information content (AvgIpc) is 3.06. The van der Waals surface area contributed by atoms with Crippen molar-refractivity contribution in [3.05, 3.63) is 29.0 Å².